The zero-order chi connectivity index (χ0) is 15.4. The molecular weight excluding hydrogens is 288 g/mol. The second-order valence-electron chi connectivity index (χ2n) is 5.06. The van der Waals surface area contributed by atoms with Gasteiger partial charge in [-0.15, -0.1) is 0 Å². The number of rotatable bonds is 1. The lowest BCUT2D eigenvalue weighted by atomic mass is 10.0. The quantitative estimate of drug-likeness (QED) is 0.639. The summed E-state index contributed by atoms with van der Waals surface area (Å²) in [7, 11) is 1.50. The molecule has 0 saturated heterocycles. The monoisotopic (exact) mass is 300 g/mol. The number of aromatic hydroxyl groups is 3. The second kappa shape index (κ2) is 4.24. The van der Waals surface area contributed by atoms with E-state index >= 15 is 0 Å². The maximum Gasteiger partial charge on any atom is 0.149 e. The van der Waals surface area contributed by atoms with E-state index < -0.39 is 0 Å². The lowest BCUT2D eigenvalue weighted by molar-refractivity contribution is 0.295. The van der Waals surface area contributed by atoms with E-state index in [0.29, 0.717) is 39.4 Å². The third-order valence-electron chi connectivity index (χ3n) is 3.74. The van der Waals surface area contributed by atoms with Gasteiger partial charge in [-0.05, 0) is 0 Å². The number of hydrogen-bond donors (Lipinski definition) is 3. The molecule has 0 unspecified atom stereocenters. The van der Waals surface area contributed by atoms with Crippen LogP contribution in [0.2, 0.25) is 0 Å². The first-order valence-corrected chi connectivity index (χ1v) is 6.60. The molecule has 0 amide bonds. The Labute approximate surface area is 124 Å². The average molecular weight is 300 g/mol. The molecule has 6 nitrogen and oxygen atoms in total. The van der Waals surface area contributed by atoms with Gasteiger partial charge in [0.15, 0.2) is 0 Å². The highest BCUT2D eigenvalue weighted by molar-refractivity contribution is 5.96. The van der Waals surface area contributed by atoms with Crippen LogP contribution in [0.1, 0.15) is 5.56 Å². The number of benzene rings is 2. The van der Waals surface area contributed by atoms with Gasteiger partial charge >= 0.3 is 0 Å². The van der Waals surface area contributed by atoms with E-state index in [9.17, 15) is 15.3 Å². The molecule has 0 atom stereocenters. The molecule has 2 heterocycles. The van der Waals surface area contributed by atoms with Gasteiger partial charge in [-0.25, -0.2) is 0 Å². The summed E-state index contributed by atoms with van der Waals surface area (Å²) in [5.74, 6) is 0.978. The summed E-state index contributed by atoms with van der Waals surface area (Å²) in [4.78, 5) is 0. The summed E-state index contributed by atoms with van der Waals surface area (Å²) in [6.07, 6.45) is 0. The molecule has 6 heteroatoms. The predicted molar refractivity (Wildman–Crippen MR) is 77.5 cm³/mol. The smallest absolute Gasteiger partial charge is 0.149 e. The maximum absolute atomic E-state index is 10.2. The normalized spacial score (nSPS) is 12.6. The zero-order valence-electron chi connectivity index (χ0n) is 11.6. The molecule has 0 spiro atoms. The molecule has 112 valence electrons. The van der Waals surface area contributed by atoms with E-state index in [1.165, 1.54) is 25.3 Å². The van der Waals surface area contributed by atoms with Crippen molar-refractivity contribution in [2.45, 2.75) is 6.61 Å². The van der Waals surface area contributed by atoms with Gasteiger partial charge in [0.05, 0.1) is 12.5 Å². The number of furan rings is 1. The highest BCUT2D eigenvalue weighted by Gasteiger charge is 2.29. The highest BCUT2D eigenvalue weighted by atomic mass is 16.5. The molecule has 0 radical (unpaired) electrons. The Morgan fingerprint density at radius 3 is 2.64 bits per heavy atom. The minimum atomic E-state index is -0.151. The molecule has 1 aliphatic heterocycles. The Morgan fingerprint density at radius 2 is 1.86 bits per heavy atom. The third-order valence-corrected chi connectivity index (χ3v) is 3.74. The number of hydrogen-bond acceptors (Lipinski definition) is 6. The van der Waals surface area contributed by atoms with Gasteiger partial charge in [0, 0.05) is 29.8 Å². The molecule has 0 bridgehead atoms. The van der Waals surface area contributed by atoms with E-state index in [4.69, 9.17) is 13.9 Å². The summed E-state index contributed by atoms with van der Waals surface area (Å²) < 4.78 is 16.5. The third kappa shape index (κ3) is 1.60. The molecule has 1 aliphatic rings. The van der Waals surface area contributed by atoms with Crippen molar-refractivity contribution in [3.8, 4) is 40.1 Å². The van der Waals surface area contributed by atoms with Crippen molar-refractivity contribution in [1.29, 1.82) is 0 Å². The van der Waals surface area contributed by atoms with Crippen LogP contribution in [0.4, 0.5) is 0 Å². The molecule has 0 aliphatic carbocycles. The van der Waals surface area contributed by atoms with Crippen molar-refractivity contribution >= 4 is 11.0 Å². The van der Waals surface area contributed by atoms with Crippen LogP contribution in [0.3, 0.4) is 0 Å². The van der Waals surface area contributed by atoms with Crippen LogP contribution < -0.4 is 9.47 Å². The van der Waals surface area contributed by atoms with Gasteiger partial charge in [-0.2, -0.15) is 0 Å². The largest absolute Gasteiger partial charge is 0.508 e. The zero-order valence-corrected chi connectivity index (χ0v) is 11.6. The molecule has 3 N–H and O–H groups in total. The van der Waals surface area contributed by atoms with E-state index in [-0.39, 0.29) is 23.9 Å². The molecule has 3 aromatic rings. The fourth-order valence-electron chi connectivity index (χ4n) is 2.78. The Hall–Kier alpha value is -3.02. The first-order valence-electron chi connectivity index (χ1n) is 6.60. The summed E-state index contributed by atoms with van der Waals surface area (Å²) in [6, 6.07) is 5.77. The van der Waals surface area contributed by atoms with Gasteiger partial charge < -0.3 is 29.2 Å². The fourth-order valence-corrected chi connectivity index (χ4v) is 2.78. The lowest BCUT2D eigenvalue weighted by Crippen LogP contribution is -2.03. The second-order valence-corrected chi connectivity index (χ2v) is 5.06. The van der Waals surface area contributed by atoms with Crippen molar-refractivity contribution in [2.24, 2.45) is 0 Å². The first kappa shape index (κ1) is 12.7. The van der Waals surface area contributed by atoms with Gasteiger partial charge in [-0.1, -0.05) is 0 Å². The van der Waals surface area contributed by atoms with Crippen molar-refractivity contribution in [3.63, 3.8) is 0 Å². The molecule has 22 heavy (non-hydrogen) atoms. The van der Waals surface area contributed by atoms with Gasteiger partial charge in [0.1, 0.15) is 52.3 Å². The molecule has 4 rings (SSSR count). The van der Waals surface area contributed by atoms with Crippen LogP contribution >= 0.6 is 0 Å². The van der Waals surface area contributed by atoms with Crippen LogP contribution in [-0.4, -0.2) is 22.4 Å². The predicted octanol–water partition coefficient (Wildman–Crippen LogP) is 3.12. The van der Waals surface area contributed by atoms with Crippen molar-refractivity contribution < 1.29 is 29.2 Å². The van der Waals surface area contributed by atoms with Crippen LogP contribution in [0.25, 0.3) is 22.3 Å². The van der Waals surface area contributed by atoms with Gasteiger partial charge in [0.25, 0.3) is 0 Å². The Kier molecular flexibility index (Phi) is 2.45. The standard InChI is InChI=1S/C16H12O6/c1-20-8-4-11(19)14-9-6-21-12-3-7(17)2-10(18)15(12)16(9)22-13(14)5-8/h2-5,17-19H,6H2,1H3. The maximum atomic E-state index is 10.2. The minimum Gasteiger partial charge on any atom is -0.508 e. The molecule has 1 aromatic heterocycles. The number of fused-ring (bicyclic) bond motifs is 5. The topological polar surface area (TPSA) is 92.3 Å². The first-order chi connectivity index (χ1) is 10.6. The number of ether oxygens (including phenoxy) is 2. The van der Waals surface area contributed by atoms with Crippen molar-refractivity contribution in [2.75, 3.05) is 7.11 Å². The summed E-state index contributed by atoms with van der Waals surface area (Å²) in [6.45, 7) is 0.165. The van der Waals surface area contributed by atoms with Gasteiger partial charge in [-0.3, -0.25) is 0 Å². The fraction of sp³-hybridized carbons (Fsp3) is 0.125. The lowest BCUT2D eigenvalue weighted by Gasteiger charge is -2.18. The van der Waals surface area contributed by atoms with E-state index in [2.05, 4.69) is 0 Å². The minimum absolute atomic E-state index is 0.0182. The van der Waals surface area contributed by atoms with Crippen LogP contribution in [-0.2, 0) is 6.61 Å². The molecule has 0 saturated carbocycles. The van der Waals surface area contributed by atoms with Crippen LogP contribution in [0, 0.1) is 0 Å². The average Bonchev–Trinajstić information content (AvgIpc) is 2.84. The molecule has 2 aromatic carbocycles. The number of phenols is 3. The number of phenolic OH excluding ortho intramolecular Hbond substituents is 3. The Morgan fingerprint density at radius 1 is 1.05 bits per heavy atom. The van der Waals surface area contributed by atoms with Gasteiger partial charge in [0.2, 0.25) is 0 Å². The van der Waals surface area contributed by atoms with Crippen molar-refractivity contribution in [3.05, 3.63) is 29.8 Å². The Balaban J connectivity index is 2.06. The van der Waals surface area contributed by atoms with E-state index in [0.717, 1.165) is 0 Å². The van der Waals surface area contributed by atoms with Crippen LogP contribution in [0.15, 0.2) is 28.7 Å². The van der Waals surface area contributed by atoms with Crippen molar-refractivity contribution in [1.82, 2.24) is 0 Å². The highest BCUT2D eigenvalue weighted by Crippen LogP contribution is 2.50. The SMILES string of the molecule is COc1cc(O)c2c3c(oc2c1)-c1c(O)cc(O)cc1OC3. The van der Waals surface area contributed by atoms with Crippen LogP contribution in [0.5, 0.6) is 28.7 Å². The summed E-state index contributed by atoms with van der Waals surface area (Å²) in [5.41, 5.74) is 1.43. The summed E-state index contributed by atoms with van der Waals surface area (Å²) >= 11 is 0. The van der Waals surface area contributed by atoms with E-state index in [1.54, 1.807) is 6.07 Å². The summed E-state index contributed by atoms with van der Waals surface area (Å²) in [5, 5.41) is 30.3. The molecule has 0 fully saturated rings. The number of methoxy groups -OCH3 is 1. The Bertz CT molecular complexity index is 909. The van der Waals surface area contributed by atoms with E-state index in [1.807, 2.05) is 0 Å². The molecular formula is C16H12O6.